The summed E-state index contributed by atoms with van der Waals surface area (Å²) >= 11 is 6.58. The topological polar surface area (TPSA) is 128 Å². The third-order valence-corrected chi connectivity index (χ3v) is 6.60. The van der Waals surface area contributed by atoms with Crippen molar-refractivity contribution in [3.05, 3.63) is 53.3 Å². The van der Waals surface area contributed by atoms with Crippen molar-refractivity contribution >= 4 is 63.8 Å². The monoisotopic (exact) mass is 495 g/mol. The number of hydrazine groups is 1. The van der Waals surface area contributed by atoms with E-state index in [4.69, 9.17) is 16.6 Å². The molecule has 2 fully saturated rings. The number of carbonyl (C=O) groups is 1. The summed E-state index contributed by atoms with van der Waals surface area (Å²) in [6.45, 7) is 0. The highest BCUT2D eigenvalue weighted by atomic mass is 32.2. The first-order valence-electron chi connectivity index (χ1n) is 10.7. The van der Waals surface area contributed by atoms with Crippen molar-refractivity contribution in [3.63, 3.8) is 0 Å². The summed E-state index contributed by atoms with van der Waals surface area (Å²) in [6.07, 6.45) is 9.21. The summed E-state index contributed by atoms with van der Waals surface area (Å²) < 4.78 is 5.40. The van der Waals surface area contributed by atoms with E-state index in [1.807, 2.05) is 0 Å². The number of phenolic OH excluding ortho intramolecular Hbond substituents is 1. The first-order chi connectivity index (χ1) is 16.5. The fourth-order valence-corrected chi connectivity index (χ4v) is 4.83. The molecule has 0 unspecified atom stereocenters. The van der Waals surface area contributed by atoms with Crippen LogP contribution in [0.3, 0.4) is 0 Å². The van der Waals surface area contributed by atoms with Gasteiger partial charge in [-0.15, -0.1) is 0 Å². The minimum Gasteiger partial charge on any atom is -0.508 e. The van der Waals surface area contributed by atoms with Gasteiger partial charge < -0.3 is 20.2 Å². The Morgan fingerprint density at radius 2 is 1.82 bits per heavy atom. The van der Waals surface area contributed by atoms with E-state index in [0.717, 1.165) is 31.2 Å². The van der Waals surface area contributed by atoms with E-state index in [1.54, 1.807) is 42.7 Å². The molecule has 34 heavy (non-hydrogen) atoms. The molecule has 1 aliphatic heterocycles. The number of nitrogens with zero attached hydrogens (tertiary/aromatic N) is 4. The fraction of sp³-hybridized carbons (Fsp3) is 0.227. The van der Waals surface area contributed by atoms with Crippen LogP contribution in [0.1, 0.15) is 31.2 Å². The molecule has 10 nitrogen and oxygen atoms in total. The van der Waals surface area contributed by atoms with Gasteiger partial charge in [0.15, 0.2) is 4.32 Å². The Morgan fingerprint density at radius 1 is 1.09 bits per heavy atom. The third kappa shape index (κ3) is 5.13. The molecule has 1 aromatic carbocycles. The van der Waals surface area contributed by atoms with Gasteiger partial charge in [0, 0.05) is 17.3 Å². The van der Waals surface area contributed by atoms with E-state index < -0.39 is 0 Å². The zero-order valence-corrected chi connectivity index (χ0v) is 19.5. The van der Waals surface area contributed by atoms with Gasteiger partial charge in [-0.1, -0.05) is 24.6 Å². The summed E-state index contributed by atoms with van der Waals surface area (Å²) in [5, 5.41) is 17.2. The van der Waals surface area contributed by atoms with Crippen LogP contribution in [0.15, 0.2) is 52.2 Å². The van der Waals surface area contributed by atoms with Gasteiger partial charge in [-0.2, -0.15) is 20.0 Å². The molecule has 174 valence electrons. The standard InChI is InChI=1S/C22H21N7O3S2/c30-16-7-5-15(6-8-16)24-20-25-19(23-14-3-1-2-4-14)26-21(27-20)28-29-18(31)17(34-22(29)33)11-13-9-10-32-12-13/h5-12,14,30H,1-4H2,(H3,23,24,25,26,27,28)/b17-11-. The second-order valence-corrected chi connectivity index (χ2v) is 9.47. The fourth-order valence-electron chi connectivity index (χ4n) is 3.65. The molecule has 0 bridgehead atoms. The van der Waals surface area contributed by atoms with Crippen LogP contribution in [-0.2, 0) is 4.79 Å². The van der Waals surface area contributed by atoms with Crippen LogP contribution in [0, 0.1) is 0 Å². The Bertz CT molecular complexity index is 1230. The number of amides is 1. The molecule has 1 saturated carbocycles. The number of nitrogens with one attached hydrogen (secondary N) is 3. The van der Waals surface area contributed by atoms with Crippen LogP contribution in [0.2, 0.25) is 0 Å². The van der Waals surface area contributed by atoms with E-state index in [2.05, 4.69) is 31.0 Å². The highest BCUT2D eigenvalue weighted by molar-refractivity contribution is 8.26. The van der Waals surface area contributed by atoms with Crippen molar-refractivity contribution in [1.82, 2.24) is 20.0 Å². The predicted molar refractivity (Wildman–Crippen MR) is 134 cm³/mol. The van der Waals surface area contributed by atoms with Crippen molar-refractivity contribution in [1.29, 1.82) is 0 Å². The molecule has 3 heterocycles. The van der Waals surface area contributed by atoms with Crippen molar-refractivity contribution in [2.45, 2.75) is 31.7 Å². The number of anilines is 4. The van der Waals surface area contributed by atoms with Crippen molar-refractivity contribution in [2.75, 3.05) is 16.1 Å². The summed E-state index contributed by atoms with van der Waals surface area (Å²) in [5.41, 5.74) is 4.38. The molecule has 5 rings (SSSR count). The molecule has 3 aromatic rings. The maximum absolute atomic E-state index is 12.9. The lowest BCUT2D eigenvalue weighted by Crippen LogP contribution is -2.35. The maximum atomic E-state index is 12.9. The van der Waals surface area contributed by atoms with Crippen LogP contribution in [0.5, 0.6) is 5.75 Å². The van der Waals surface area contributed by atoms with Gasteiger partial charge in [-0.25, -0.2) is 0 Å². The number of aromatic nitrogens is 3. The normalized spacial score (nSPS) is 17.5. The first kappa shape index (κ1) is 22.2. The molecule has 0 radical (unpaired) electrons. The van der Waals surface area contributed by atoms with Gasteiger partial charge in [0.25, 0.3) is 5.91 Å². The van der Waals surface area contributed by atoms with Crippen LogP contribution in [0.25, 0.3) is 6.08 Å². The number of rotatable bonds is 7. The largest absolute Gasteiger partial charge is 0.508 e. The highest BCUT2D eigenvalue weighted by Gasteiger charge is 2.33. The number of phenols is 1. The highest BCUT2D eigenvalue weighted by Crippen LogP contribution is 2.33. The number of furan rings is 1. The van der Waals surface area contributed by atoms with Crippen LogP contribution < -0.4 is 16.1 Å². The molecule has 2 aromatic heterocycles. The van der Waals surface area contributed by atoms with E-state index in [0.29, 0.717) is 20.9 Å². The van der Waals surface area contributed by atoms with Gasteiger partial charge >= 0.3 is 0 Å². The smallest absolute Gasteiger partial charge is 0.285 e. The van der Waals surface area contributed by atoms with Crippen LogP contribution in [-0.4, -0.2) is 41.3 Å². The summed E-state index contributed by atoms with van der Waals surface area (Å²) in [4.78, 5) is 26.8. The SMILES string of the molecule is O=C1/C(=C/c2ccoc2)SC(=S)N1Nc1nc(Nc2ccc(O)cc2)nc(NC2CCCC2)n1. The average Bonchev–Trinajstić information content (AvgIpc) is 3.56. The van der Waals surface area contributed by atoms with Crippen molar-refractivity contribution in [3.8, 4) is 5.75 Å². The van der Waals surface area contributed by atoms with Gasteiger partial charge in [-0.05, 0) is 61.5 Å². The zero-order valence-electron chi connectivity index (χ0n) is 17.9. The number of benzene rings is 1. The molecular weight excluding hydrogens is 474 g/mol. The van der Waals surface area contributed by atoms with Crippen molar-refractivity contribution < 1.29 is 14.3 Å². The predicted octanol–water partition coefficient (Wildman–Crippen LogP) is 4.50. The van der Waals surface area contributed by atoms with E-state index >= 15 is 0 Å². The Labute approximate surface area is 204 Å². The van der Waals surface area contributed by atoms with Gasteiger partial charge in [0.1, 0.15) is 5.75 Å². The maximum Gasteiger partial charge on any atom is 0.285 e. The molecule has 1 amide bonds. The molecular formula is C22H21N7O3S2. The van der Waals surface area contributed by atoms with Crippen LogP contribution in [0.4, 0.5) is 23.5 Å². The van der Waals surface area contributed by atoms with Crippen molar-refractivity contribution in [2.24, 2.45) is 0 Å². The number of hydrogen-bond donors (Lipinski definition) is 4. The van der Waals surface area contributed by atoms with Gasteiger partial charge in [0.05, 0.1) is 17.4 Å². The second kappa shape index (κ2) is 9.69. The van der Waals surface area contributed by atoms with Gasteiger partial charge in [-0.3, -0.25) is 10.2 Å². The average molecular weight is 496 g/mol. The summed E-state index contributed by atoms with van der Waals surface area (Å²) in [6, 6.07) is 8.58. The Morgan fingerprint density at radius 3 is 2.56 bits per heavy atom. The number of thiocarbonyl (C=S) groups is 1. The van der Waals surface area contributed by atoms with Gasteiger partial charge in [0.2, 0.25) is 17.8 Å². The number of aromatic hydroxyl groups is 1. The third-order valence-electron chi connectivity index (χ3n) is 5.29. The molecule has 1 aliphatic carbocycles. The van der Waals surface area contributed by atoms with E-state index in [1.165, 1.54) is 23.0 Å². The number of thioether (sulfide) groups is 1. The molecule has 1 saturated heterocycles. The lowest BCUT2D eigenvalue weighted by Gasteiger charge is -2.18. The summed E-state index contributed by atoms with van der Waals surface area (Å²) in [7, 11) is 0. The first-order valence-corrected chi connectivity index (χ1v) is 11.9. The molecule has 4 N–H and O–H groups in total. The lowest BCUT2D eigenvalue weighted by atomic mass is 10.3. The summed E-state index contributed by atoms with van der Waals surface area (Å²) in [5.74, 6) is 0.686. The second-order valence-electron chi connectivity index (χ2n) is 7.79. The molecule has 2 aliphatic rings. The Balaban J connectivity index is 1.39. The zero-order chi connectivity index (χ0) is 23.5. The minimum absolute atomic E-state index is 0.157. The minimum atomic E-state index is -0.310. The Hall–Kier alpha value is -3.64. The van der Waals surface area contributed by atoms with E-state index in [9.17, 15) is 9.90 Å². The van der Waals surface area contributed by atoms with Crippen LogP contribution >= 0.6 is 24.0 Å². The molecule has 12 heteroatoms. The van der Waals surface area contributed by atoms with E-state index in [-0.39, 0.29) is 29.6 Å². The number of carbonyl (C=O) groups excluding carboxylic acids is 1. The molecule has 0 spiro atoms. The quantitative estimate of drug-likeness (QED) is 0.210. The lowest BCUT2D eigenvalue weighted by molar-refractivity contribution is -0.121. The number of hydrogen-bond acceptors (Lipinski definition) is 11. The Kier molecular flexibility index (Phi) is 6.32. The molecule has 0 atom stereocenters.